The second kappa shape index (κ2) is 69.5. The number of hydrogen-bond donors (Lipinski definition) is 3. The quantitative estimate of drug-likeness (QED) is 0.0222. The lowest BCUT2D eigenvalue weighted by molar-refractivity contribution is -0.161. The van der Waals surface area contributed by atoms with Crippen molar-refractivity contribution < 1.29 is 80.2 Å². The normalized spacial score (nSPS) is 13.9. The standard InChI is InChI=1S/C75H146O17P2/c1-5-9-13-17-21-25-28-30-32-33-34-35-36-38-40-42-46-50-54-58-62-75(80)92-71(66-86-73(78)60-56-52-48-45-41-39-37-31-29-26-22-18-14-10-6-2)68-90-94(83,84)88-64-69(76)63-87-93(81,82)89-67-70(65-85-72(77)59-55-51-47-43-24-20-16-12-8-4)91-74(79)61-57-53-49-44-27-23-19-15-11-7-3/h69-71,76H,5-68H2,1-4H3,(H,81,82)(H,83,84)/t69-,70+,71+/m0/s1. The topological polar surface area (TPSA) is 237 Å². The van der Waals surface area contributed by atoms with Gasteiger partial charge in [-0.1, -0.05) is 349 Å². The van der Waals surface area contributed by atoms with Crippen molar-refractivity contribution in [3.8, 4) is 0 Å². The Hall–Kier alpha value is -1.94. The molecule has 0 fully saturated rings. The number of ether oxygens (including phenoxy) is 4. The van der Waals surface area contributed by atoms with E-state index in [2.05, 4.69) is 27.7 Å². The summed E-state index contributed by atoms with van der Waals surface area (Å²) in [5.41, 5.74) is 0. The summed E-state index contributed by atoms with van der Waals surface area (Å²) >= 11 is 0. The third-order valence-corrected chi connectivity index (χ3v) is 19.5. The molecule has 0 aromatic carbocycles. The summed E-state index contributed by atoms with van der Waals surface area (Å²) in [6.45, 7) is 4.96. The van der Waals surface area contributed by atoms with Gasteiger partial charge in [-0.3, -0.25) is 37.3 Å². The Bertz CT molecular complexity index is 1790. The van der Waals surface area contributed by atoms with Gasteiger partial charge in [0, 0.05) is 25.7 Å². The highest BCUT2D eigenvalue weighted by Crippen LogP contribution is 2.45. The van der Waals surface area contributed by atoms with Crippen molar-refractivity contribution in [2.75, 3.05) is 39.6 Å². The molecule has 2 unspecified atom stereocenters. The van der Waals surface area contributed by atoms with Crippen LogP contribution in [0.2, 0.25) is 0 Å². The second-order valence-corrected chi connectivity index (χ2v) is 29.9. The van der Waals surface area contributed by atoms with Crippen LogP contribution in [-0.4, -0.2) is 96.7 Å². The maximum atomic E-state index is 13.1. The molecule has 0 amide bonds. The zero-order valence-corrected chi connectivity index (χ0v) is 62.7. The van der Waals surface area contributed by atoms with Gasteiger partial charge in [-0.15, -0.1) is 0 Å². The highest BCUT2D eigenvalue weighted by Gasteiger charge is 2.30. The Labute approximate surface area is 575 Å². The smallest absolute Gasteiger partial charge is 0.462 e. The lowest BCUT2D eigenvalue weighted by atomic mass is 10.0. The van der Waals surface area contributed by atoms with E-state index in [0.717, 1.165) is 89.9 Å². The predicted octanol–water partition coefficient (Wildman–Crippen LogP) is 22.2. The van der Waals surface area contributed by atoms with E-state index in [1.165, 1.54) is 231 Å². The number of esters is 4. The molecule has 3 N–H and O–H groups in total. The minimum absolute atomic E-state index is 0.107. The fourth-order valence-corrected chi connectivity index (χ4v) is 13.2. The summed E-state index contributed by atoms with van der Waals surface area (Å²) in [7, 11) is -9.90. The third kappa shape index (κ3) is 68.6. The van der Waals surface area contributed by atoms with Gasteiger partial charge < -0.3 is 33.8 Å². The first-order chi connectivity index (χ1) is 45.7. The van der Waals surface area contributed by atoms with Crippen LogP contribution in [0, 0.1) is 0 Å². The molecule has 19 heteroatoms. The number of hydrogen-bond acceptors (Lipinski definition) is 15. The second-order valence-electron chi connectivity index (χ2n) is 27.0. The first-order valence-electron chi connectivity index (χ1n) is 39.3. The molecular formula is C75H146O17P2. The van der Waals surface area contributed by atoms with Crippen LogP contribution in [-0.2, 0) is 65.4 Å². The molecule has 0 aliphatic carbocycles. The lowest BCUT2D eigenvalue weighted by Crippen LogP contribution is -2.30. The SMILES string of the molecule is CCCCCCCCCCCCCCCCCCCCCCC(=O)O[C@H](COC(=O)CCCCCCCCCCCCCCCCC)COP(=O)(O)OC[C@@H](O)COP(=O)(O)OC[C@@H](COC(=O)CCCCCCCCCCC)OC(=O)CCCCCCCCCCCC. The van der Waals surface area contributed by atoms with Crippen molar-refractivity contribution in [1.29, 1.82) is 0 Å². The van der Waals surface area contributed by atoms with Gasteiger partial charge >= 0.3 is 39.5 Å². The Morgan fingerprint density at radius 1 is 0.255 bits per heavy atom. The van der Waals surface area contributed by atoms with Crippen molar-refractivity contribution in [2.24, 2.45) is 0 Å². The van der Waals surface area contributed by atoms with Crippen LogP contribution >= 0.6 is 15.6 Å². The van der Waals surface area contributed by atoms with Crippen LogP contribution < -0.4 is 0 Å². The minimum atomic E-state index is -4.95. The van der Waals surface area contributed by atoms with Gasteiger partial charge in [0.05, 0.1) is 26.4 Å². The molecule has 17 nitrogen and oxygen atoms in total. The van der Waals surface area contributed by atoms with E-state index in [1.54, 1.807) is 0 Å². The number of carbonyl (C=O) groups excluding carboxylic acids is 4. The predicted molar refractivity (Wildman–Crippen MR) is 382 cm³/mol. The monoisotopic (exact) mass is 1380 g/mol. The highest BCUT2D eigenvalue weighted by molar-refractivity contribution is 7.47. The highest BCUT2D eigenvalue weighted by atomic mass is 31.2. The van der Waals surface area contributed by atoms with Gasteiger partial charge in [-0.05, 0) is 25.7 Å². The maximum absolute atomic E-state index is 13.1. The molecule has 558 valence electrons. The van der Waals surface area contributed by atoms with E-state index in [4.69, 9.17) is 37.0 Å². The van der Waals surface area contributed by atoms with Crippen LogP contribution in [0.15, 0.2) is 0 Å². The van der Waals surface area contributed by atoms with Crippen molar-refractivity contribution in [1.82, 2.24) is 0 Å². The number of aliphatic hydroxyl groups excluding tert-OH is 1. The summed E-state index contributed by atoms with van der Waals surface area (Å²) < 4.78 is 68.4. The Balaban J connectivity index is 5.18. The van der Waals surface area contributed by atoms with Crippen molar-refractivity contribution in [2.45, 2.75) is 418 Å². The molecule has 94 heavy (non-hydrogen) atoms. The van der Waals surface area contributed by atoms with E-state index in [1.807, 2.05) is 0 Å². The fraction of sp³-hybridized carbons (Fsp3) is 0.947. The summed E-state index contributed by atoms with van der Waals surface area (Å²) in [5.74, 6) is -2.11. The molecule has 0 radical (unpaired) electrons. The van der Waals surface area contributed by atoms with Crippen molar-refractivity contribution >= 4 is 39.5 Å². The van der Waals surface area contributed by atoms with E-state index in [0.29, 0.717) is 25.7 Å². The molecule has 0 saturated carbocycles. The molecule has 0 aromatic heterocycles. The molecule has 5 atom stereocenters. The zero-order valence-electron chi connectivity index (χ0n) is 60.9. The zero-order chi connectivity index (χ0) is 69.0. The number of phosphoric acid groups is 2. The van der Waals surface area contributed by atoms with Crippen LogP contribution in [0.3, 0.4) is 0 Å². The number of rotatable bonds is 76. The minimum Gasteiger partial charge on any atom is -0.462 e. The number of phosphoric ester groups is 2. The van der Waals surface area contributed by atoms with Gasteiger partial charge in [0.1, 0.15) is 19.3 Å². The maximum Gasteiger partial charge on any atom is 0.472 e. The summed E-state index contributed by atoms with van der Waals surface area (Å²) in [6, 6.07) is 0. The van der Waals surface area contributed by atoms with E-state index >= 15 is 0 Å². The summed E-state index contributed by atoms with van der Waals surface area (Å²) in [4.78, 5) is 72.7. The third-order valence-electron chi connectivity index (χ3n) is 17.6. The Morgan fingerprint density at radius 3 is 0.628 bits per heavy atom. The first-order valence-corrected chi connectivity index (χ1v) is 42.3. The van der Waals surface area contributed by atoms with Crippen LogP contribution in [0.25, 0.3) is 0 Å². The number of unbranched alkanes of at least 4 members (excludes halogenated alkanes) is 50. The van der Waals surface area contributed by atoms with Crippen LogP contribution in [0.1, 0.15) is 400 Å². The summed E-state index contributed by atoms with van der Waals surface area (Å²) in [6.07, 6.45) is 59.7. The molecule has 0 saturated heterocycles. The van der Waals surface area contributed by atoms with Crippen molar-refractivity contribution in [3.63, 3.8) is 0 Å². The summed E-state index contributed by atoms with van der Waals surface area (Å²) in [5, 5.41) is 10.6. The Morgan fingerprint density at radius 2 is 0.426 bits per heavy atom. The average molecular weight is 1380 g/mol. The molecular weight excluding hydrogens is 1230 g/mol. The van der Waals surface area contributed by atoms with Crippen LogP contribution in [0.5, 0.6) is 0 Å². The number of aliphatic hydroxyl groups is 1. The van der Waals surface area contributed by atoms with E-state index in [9.17, 15) is 43.2 Å². The molecule has 0 rings (SSSR count). The van der Waals surface area contributed by atoms with Gasteiger partial charge in [0.15, 0.2) is 12.2 Å². The average Bonchev–Trinajstić information content (AvgIpc) is 1.69. The van der Waals surface area contributed by atoms with Gasteiger partial charge in [0.2, 0.25) is 0 Å². The van der Waals surface area contributed by atoms with Gasteiger partial charge in [-0.25, -0.2) is 9.13 Å². The van der Waals surface area contributed by atoms with E-state index < -0.39 is 97.5 Å². The van der Waals surface area contributed by atoms with Crippen molar-refractivity contribution in [3.05, 3.63) is 0 Å². The first kappa shape index (κ1) is 92.1. The lowest BCUT2D eigenvalue weighted by Gasteiger charge is -2.21. The van der Waals surface area contributed by atoms with Gasteiger partial charge in [-0.2, -0.15) is 0 Å². The Kier molecular flexibility index (Phi) is 68.1. The number of carbonyl (C=O) groups is 4. The van der Waals surface area contributed by atoms with Crippen LogP contribution in [0.4, 0.5) is 0 Å². The molecule has 0 aromatic rings. The molecule has 0 aliphatic heterocycles. The van der Waals surface area contributed by atoms with E-state index in [-0.39, 0.29) is 25.7 Å². The molecule has 0 bridgehead atoms. The van der Waals surface area contributed by atoms with Gasteiger partial charge in [0.25, 0.3) is 0 Å². The molecule has 0 aliphatic rings. The fourth-order valence-electron chi connectivity index (χ4n) is 11.6. The largest absolute Gasteiger partial charge is 0.472 e. The molecule has 0 spiro atoms. The molecule has 0 heterocycles.